The molecular weight excluding hydrogens is 666 g/mol. The summed E-state index contributed by atoms with van der Waals surface area (Å²) in [4.78, 5) is 0. The predicted octanol–water partition coefficient (Wildman–Crippen LogP) is 1.56. The Morgan fingerprint density at radius 1 is 0.474 bits per heavy atom. The number of aliphatic hydroxyl groups excluding tert-OH is 8. The second kappa shape index (κ2) is 36.0. The molecule has 38 heavy (non-hydrogen) atoms. The minimum absolute atomic E-state index is 0. The van der Waals surface area contributed by atoms with Crippen LogP contribution in [0, 0.1) is 11.3 Å². The van der Waals surface area contributed by atoms with Crippen LogP contribution < -0.4 is 0 Å². The SMILES string of the molecule is CC#N.F[B-](F)(F)F.F[B-](F)(F)F.OC[PH+](CO)CC[PH+](CO)CO.OC[PH+](CO)CC[PH+](CO)CO.[Ni+2]. The van der Waals surface area contributed by atoms with Gasteiger partial charge in [-0.2, -0.15) is 5.26 Å². The molecule has 0 spiro atoms. The first-order valence-electron chi connectivity index (χ1n) is 10.2. The van der Waals surface area contributed by atoms with Crippen LogP contribution in [0.25, 0.3) is 0 Å². The van der Waals surface area contributed by atoms with Crippen LogP contribution in [0.1, 0.15) is 6.92 Å². The van der Waals surface area contributed by atoms with Gasteiger partial charge in [-0.3, -0.25) is 0 Å². The fourth-order valence-corrected chi connectivity index (χ4v) is 8.86. The molecule has 0 aliphatic rings. The number of halogens is 8. The van der Waals surface area contributed by atoms with Crippen LogP contribution in [0.3, 0.4) is 0 Å². The number of hydrogen-bond donors (Lipinski definition) is 8. The maximum atomic E-state index is 9.75. The maximum absolute atomic E-state index is 9.75. The largest absolute Gasteiger partial charge is 2.00 e. The average molecular weight is 706 g/mol. The third kappa shape index (κ3) is 65.8. The normalized spacial score (nSPS) is 10.6. The smallest absolute Gasteiger partial charge is 0.418 e. The van der Waals surface area contributed by atoms with E-state index in [2.05, 4.69) is 0 Å². The van der Waals surface area contributed by atoms with Crippen LogP contribution in [0.2, 0.25) is 0 Å². The van der Waals surface area contributed by atoms with E-state index in [1.54, 1.807) is 6.07 Å². The average Bonchev–Trinajstić information content (AvgIpc) is 2.79. The van der Waals surface area contributed by atoms with Crippen molar-refractivity contribution in [1.82, 2.24) is 0 Å². The first-order valence-corrected chi connectivity index (χ1v) is 18.7. The van der Waals surface area contributed by atoms with E-state index in [-0.39, 0.29) is 67.3 Å². The number of nitriles is 1. The molecule has 0 heterocycles. The van der Waals surface area contributed by atoms with Crippen LogP contribution in [-0.2, 0) is 16.5 Å². The van der Waals surface area contributed by atoms with Crippen LogP contribution in [-0.4, -0.2) is 131 Å². The van der Waals surface area contributed by atoms with Gasteiger partial charge in [0.15, 0.2) is 50.8 Å². The molecule has 24 heteroatoms. The fraction of sp³-hybridized carbons (Fsp3) is 0.929. The Kier molecular flexibility index (Phi) is 48.9. The Hall–Kier alpha value is 0.953. The molecule has 0 aromatic carbocycles. The second-order valence-corrected chi connectivity index (χ2v) is 17.0. The monoisotopic (exact) mass is 705 g/mol. The van der Waals surface area contributed by atoms with Gasteiger partial charge in [-0.05, 0) is 0 Å². The molecule has 0 rings (SSSR count). The summed E-state index contributed by atoms with van der Waals surface area (Å²) in [5.41, 5.74) is 0. The van der Waals surface area contributed by atoms with E-state index in [0.29, 0.717) is 0 Å². The van der Waals surface area contributed by atoms with Gasteiger partial charge in [-0.25, -0.2) is 0 Å². The van der Waals surface area contributed by atoms with Crippen molar-refractivity contribution in [2.24, 2.45) is 0 Å². The topological polar surface area (TPSA) is 186 Å². The summed E-state index contributed by atoms with van der Waals surface area (Å²) in [6.45, 7) is 1.43. The van der Waals surface area contributed by atoms with Gasteiger partial charge in [0.1, 0.15) is 0 Å². The van der Waals surface area contributed by atoms with Gasteiger partial charge in [0.25, 0.3) is 0 Å². The van der Waals surface area contributed by atoms with Gasteiger partial charge in [-0.15, -0.1) is 0 Å². The summed E-state index contributed by atoms with van der Waals surface area (Å²) in [6.07, 6.45) is 3.75. The van der Waals surface area contributed by atoms with Crippen molar-refractivity contribution < 1.29 is 91.9 Å². The first-order chi connectivity index (χ1) is 17.0. The maximum Gasteiger partial charge on any atom is 2.00 e. The molecule has 0 unspecified atom stereocenters. The number of nitrogens with zero attached hydrogens (tertiary/aromatic N) is 1. The van der Waals surface area contributed by atoms with Crippen molar-refractivity contribution in [2.75, 3.05) is 75.4 Å². The number of rotatable bonds is 14. The molecule has 0 amide bonds. The van der Waals surface area contributed by atoms with E-state index in [1.807, 2.05) is 0 Å². The summed E-state index contributed by atoms with van der Waals surface area (Å²) >= 11 is 0. The Balaban J connectivity index is -0.0000000917. The van der Waals surface area contributed by atoms with E-state index in [4.69, 9.17) is 46.1 Å². The molecule has 9 nitrogen and oxygen atoms in total. The van der Waals surface area contributed by atoms with Crippen molar-refractivity contribution in [3.05, 3.63) is 0 Å². The van der Waals surface area contributed by atoms with Crippen molar-refractivity contribution in [3.63, 3.8) is 0 Å². The number of aliphatic hydroxyl groups is 8. The summed E-state index contributed by atoms with van der Waals surface area (Å²) < 4.78 is 78.0. The van der Waals surface area contributed by atoms with E-state index >= 15 is 0 Å². The molecule has 0 atom stereocenters. The van der Waals surface area contributed by atoms with E-state index in [1.165, 1.54) is 6.92 Å². The van der Waals surface area contributed by atoms with Gasteiger partial charge in [0.2, 0.25) is 0 Å². The molecule has 0 aromatic rings. The zero-order valence-electron chi connectivity index (χ0n) is 20.5. The molecule has 0 radical (unpaired) electrons. The van der Waals surface area contributed by atoms with Crippen molar-refractivity contribution in [2.45, 2.75) is 6.92 Å². The Bertz CT molecular complexity index is 425. The molecule has 0 saturated carbocycles. The molecule has 8 N–H and O–H groups in total. The minimum atomic E-state index is -6.00. The molecule has 0 bridgehead atoms. The first kappa shape index (κ1) is 51.7. The standard InChI is InChI=1S/2C6H16O4P2.C2H3N.2BF4.Ni/c2*7-3-11(4-8)1-2-12(5-9)6-10;1-2-3;2*2-1(3,4)5;/h2*7-10H,1-6H2;1H3;;;/q;;;2*-1;+2/p+4. The molecule has 0 aromatic heterocycles. The Morgan fingerprint density at radius 3 is 0.605 bits per heavy atom. The van der Waals surface area contributed by atoms with Crippen molar-refractivity contribution in [1.29, 1.82) is 5.26 Å². The third-order valence-corrected chi connectivity index (χ3v) is 11.9. The zero-order valence-corrected chi connectivity index (χ0v) is 25.5. The van der Waals surface area contributed by atoms with Gasteiger partial charge in [0, 0.05) is 6.92 Å². The Morgan fingerprint density at radius 2 is 0.553 bits per heavy atom. The van der Waals surface area contributed by atoms with E-state index in [0.717, 1.165) is 24.6 Å². The summed E-state index contributed by atoms with van der Waals surface area (Å²) in [7, 11) is -16.1. The van der Waals surface area contributed by atoms with Crippen molar-refractivity contribution >= 4 is 46.2 Å². The molecule has 0 saturated heterocycles. The molecule has 0 aliphatic carbocycles. The Labute approximate surface area is 231 Å². The molecule has 0 fully saturated rings. The zero-order chi connectivity index (χ0) is 30.5. The quantitative estimate of drug-likeness (QED) is 0.0755. The molecule has 0 aliphatic heterocycles. The summed E-state index contributed by atoms with van der Waals surface area (Å²) in [5.74, 6) is 0. The van der Waals surface area contributed by atoms with Gasteiger partial charge >= 0.3 is 31.0 Å². The predicted molar refractivity (Wildman–Crippen MR) is 141 cm³/mol. The van der Waals surface area contributed by atoms with E-state index in [9.17, 15) is 34.5 Å². The summed E-state index contributed by atoms with van der Waals surface area (Å²) in [6, 6.07) is 1.75. The van der Waals surface area contributed by atoms with Crippen LogP contribution in [0.4, 0.5) is 34.5 Å². The molecule has 236 valence electrons. The molecular formula is C14H39B2F8NNiO8P4+4. The minimum Gasteiger partial charge on any atom is -0.418 e. The van der Waals surface area contributed by atoms with Crippen LogP contribution in [0.5, 0.6) is 0 Å². The summed E-state index contributed by atoms with van der Waals surface area (Å²) in [5, 5.41) is 77.4. The van der Waals surface area contributed by atoms with Gasteiger partial charge < -0.3 is 75.4 Å². The van der Waals surface area contributed by atoms with Gasteiger partial charge in [-0.1, -0.05) is 0 Å². The fourth-order valence-electron chi connectivity index (χ4n) is 1.54. The number of hydrogen-bond acceptors (Lipinski definition) is 9. The third-order valence-electron chi connectivity index (χ3n) is 3.45. The second-order valence-electron chi connectivity index (χ2n) is 6.48. The van der Waals surface area contributed by atoms with E-state index < -0.39 is 46.2 Å². The van der Waals surface area contributed by atoms with Gasteiger partial charge in [0.05, 0.1) is 62.4 Å². The van der Waals surface area contributed by atoms with Crippen LogP contribution >= 0.6 is 31.7 Å². The van der Waals surface area contributed by atoms with Crippen LogP contribution in [0.15, 0.2) is 0 Å². The van der Waals surface area contributed by atoms with Crippen molar-refractivity contribution in [3.8, 4) is 6.07 Å².